The molecule has 0 aromatic heterocycles. The first kappa shape index (κ1) is 21.5. The molecule has 150 valence electrons. The van der Waals surface area contributed by atoms with Gasteiger partial charge in [0.25, 0.3) is 0 Å². The van der Waals surface area contributed by atoms with Gasteiger partial charge < -0.3 is 15.2 Å². The second-order valence-corrected chi connectivity index (χ2v) is 8.69. The molecule has 2 rings (SSSR count). The lowest BCUT2D eigenvalue weighted by Gasteiger charge is -2.34. The first-order valence-corrected chi connectivity index (χ1v) is 10.1. The fourth-order valence-electron chi connectivity index (χ4n) is 3.92. The monoisotopic (exact) mass is 373 g/mol. The molecule has 1 aromatic carbocycles. The number of allylic oxidation sites excluding steroid dienone is 1. The van der Waals surface area contributed by atoms with Crippen LogP contribution in [0, 0.1) is 11.8 Å². The molecule has 27 heavy (non-hydrogen) atoms. The average molecular weight is 374 g/mol. The summed E-state index contributed by atoms with van der Waals surface area (Å²) in [7, 11) is 0. The number of hydrogen-bond acceptors (Lipinski definition) is 3. The summed E-state index contributed by atoms with van der Waals surface area (Å²) in [5.41, 5.74) is 0.519. The molecule has 4 heteroatoms. The number of carbonyl (C=O) groups is 1. The van der Waals surface area contributed by atoms with Gasteiger partial charge in [-0.3, -0.25) is 0 Å². The van der Waals surface area contributed by atoms with E-state index in [1.54, 1.807) is 0 Å². The van der Waals surface area contributed by atoms with E-state index in [-0.39, 0.29) is 6.04 Å². The van der Waals surface area contributed by atoms with Crippen LogP contribution in [0.5, 0.6) is 0 Å². The number of hydrogen-bond donors (Lipinski definition) is 2. The third-order valence-electron chi connectivity index (χ3n) is 5.28. The minimum atomic E-state index is -0.622. The predicted octanol–water partition coefficient (Wildman–Crippen LogP) is 4.87. The summed E-state index contributed by atoms with van der Waals surface area (Å²) in [6, 6.07) is 9.57. The molecular formula is C23H35NO3. The third kappa shape index (κ3) is 7.37. The van der Waals surface area contributed by atoms with Crippen molar-refractivity contribution in [1.82, 2.24) is 5.32 Å². The van der Waals surface area contributed by atoms with Gasteiger partial charge in [0.2, 0.25) is 0 Å². The number of ether oxygens (including phenoxy) is 1. The Bertz CT molecular complexity index is 593. The topological polar surface area (TPSA) is 58.6 Å². The van der Waals surface area contributed by atoms with Crippen LogP contribution in [0.2, 0.25) is 0 Å². The molecule has 1 aromatic rings. The molecule has 0 radical (unpaired) electrons. The molecule has 0 bridgehead atoms. The van der Waals surface area contributed by atoms with Crippen molar-refractivity contribution in [2.24, 2.45) is 11.8 Å². The quantitative estimate of drug-likeness (QED) is 0.671. The fraction of sp³-hybridized carbons (Fsp3) is 0.609. The zero-order valence-electron chi connectivity index (χ0n) is 17.0. The first-order chi connectivity index (χ1) is 12.8. The molecule has 4 nitrogen and oxygen atoms in total. The minimum absolute atomic E-state index is 0.380. The van der Waals surface area contributed by atoms with Crippen LogP contribution in [-0.2, 0) is 11.2 Å². The van der Waals surface area contributed by atoms with E-state index >= 15 is 0 Å². The molecule has 0 heterocycles. The Balaban J connectivity index is 2.07. The lowest BCUT2D eigenvalue weighted by molar-refractivity contribution is 0.0367. The third-order valence-corrected chi connectivity index (χ3v) is 5.28. The van der Waals surface area contributed by atoms with E-state index < -0.39 is 17.8 Å². The maximum absolute atomic E-state index is 12.3. The first-order valence-electron chi connectivity index (χ1n) is 10.1. The molecule has 2 N–H and O–H groups in total. The predicted molar refractivity (Wildman–Crippen MR) is 110 cm³/mol. The number of alkyl carbamates (subject to hydrolysis) is 1. The van der Waals surface area contributed by atoms with Gasteiger partial charge in [0, 0.05) is 0 Å². The van der Waals surface area contributed by atoms with Crippen molar-refractivity contribution in [3.05, 3.63) is 48.6 Å². The van der Waals surface area contributed by atoms with Gasteiger partial charge >= 0.3 is 6.09 Å². The van der Waals surface area contributed by atoms with Crippen LogP contribution in [0.15, 0.2) is 43.0 Å². The highest BCUT2D eigenvalue weighted by Gasteiger charge is 2.30. The fourth-order valence-corrected chi connectivity index (χ4v) is 3.92. The molecule has 0 aliphatic heterocycles. The van der Waals surface area contributed by atoms with Crippen molar-refractivity contribution in [3.63, 3.8) is 0 Å². The van der Waals surface area contributed by atoms with E-state index in [9.17, 15) is 9.90 Å². The maximum Gasteiger partial charge on any atom is 0.407 e. The largest absolute Gasteiger partial charge is 0.444 e. The Morgan fingerprint density at radius 1 is 1.30 bits per heavy atom. The summed E-state index contributed by atoms with van der Waals surface area (Å²) in [5, 5.41) is 13.9. The molecule has 1 fully saturated rings. The molecule has 0 spiro atoms. The highest BCUT2D eigenvalue weighted by molar-refractivity contribution is 5.68. The van der Waals surface area contributed by atoms with Crippen molar-refractivity contribution >= 4 is 6.09 Å². The minimum Gasteiger partial charge on any atom is -0.444 e. The molecule has 0 saturated heterocycles. The molecule has 1 aliphatic rings. The van der Waals surface area contributed by atoms with Crippen LogP contribution in [0.4, 0.5) is 4.79 Å². The number of aliphatic hydroxyl groups excluding tert-OH is 1. The zero-order valence-corrected chi connectivity index (χ0v) is 17.0. The lowest BCUT2D eigenvalue weighted by atomic mass is 9.75. The Labute approximate surface area is 164 Å². The highest BCUT2D eigenvalue weighted by atomic mass is 16.6. The van der Waals surface area contributed by atoms with E-state index in [2.05, 4.69) is 11.9 Å². The number of amides is 1. The van der Waals surface area contributed by atoms with Crippen LogP contribution in [-0.4, -0.2) is 28.9 Å². The van der Waals surface area contributed by atoms with E-state index in [1.807, 2.05) is 57.2 Å². The molecular weight excluding hydrogens is 338 g/mol. The van der Waals surface area contributed by atoms with Crippen molar-refractivity contribution < 1.29 is 14.6 Å². The Hall–Kier alpha value is -1.81. The van der Waals surface area contributed by atoms with Gasteiger partial charge in [-0.05, 0) is 63.9 Å². The average Bonchev–Trinajstić information content (AvgIpc) is 2.61. The lowest BCUT2D eigenvalue weighted by Crippen LogP contribution is -2.47. The van der Waals surface area contributed by atoms with Crippen LogP contribution in [0.25, 0.3) is 0 Å². The molecule has 4 atom stereocenters. The summed E-state index contributed by atoms with van der Waals surface area (Å²) in [4.78, 5) is 12.3. The number of rotatable bonds is 7. The SMILES string of the molecule is C=C[C@@H]1CCCC[C@@H]1C[C@H](O)[C@H](Cc1ccccc1)NC(=O)OC(C)(C)C. The molecule has 0 unspecified atom stereocenters. The smallest absolute Gasteiger partial charge is 0.407 e. The maximum atomic E-state index is 12.3. The van der Waals surface area contributed by atoms with Crippen molar-refractivity contribution in [2.45, 2.75) is 77.0 Å². The summed E-state index contributed by atoms with van der Waals surface area (Å²) < 4.78 is 5.41. The molecule has 1 aliphatic carbocycles. The van der Waals surface area contributed by atoms with E-state index in [0.29, 0.717) is 24.7 Å². The normalized spacial score (nSPS) is 22.5. The summed E-state index contributed by atoms with van der Waals surface area (Å²) in [5.74, 6) is 0.872. The van der Waals surface area contributed by atoms with Crippen LogP contribution in [0.3, 0.4) is 0 Å². The van der Waals surface area contributed by atoms with Gasteiger partial charge in [-0.1, -0.05) is 49.2 Å². The summed E-state index contributed by atoms with van der Waals surface area (Å²) in [6.07, 6.45) is 6.86. The summed E-state index contributed by atoms with van der Waals surface area (Å²) in [6.45, 7) is 9.49. The molecule has 1 saturated carbocycles. The molecule has 1 amide bonds. The van der Waals surface area contributed by atoms with Crippen molar-refractivity contribution in [2.75, 3.05) is 0 Å². The Morgan fingerprint density at radius 3 is 2.59 bits per heavy atom. The van der Waals surface area contributed by atoms with Gasteiger partial charge in [0.15, 0.2) is 0 Å². The van der Waals surface area contributed by atoms with Crippen LogP contribution >= 0.6 is 0 Å². The van der Waals surface area contributed by atoms with Gasteiger partial charge in [-0.25, -0.2) is 4.79 Å². The van der Waals surface area contributed by atoms with Gasteiger partial charge in [-0.2, -0.15) is 0 Å². The van der Waals surface area contributed by atoms with Crippen LogP contribution in [0.1, 0.15) is 58.4 Å². The number of carbonyl (C=O) groups excluding carboxylic acids is 1. The van der Waals surface area contributed by atoms with Gasteiger partial charge in [0.05, 0.1) is 12.1 Å². The van der Waals surface area contributed by atoms with E-state index in [0.717, 1.165) is 18.4 Å². The van der Waals surface area contributed by atoms with Gasteiger partial charge in [-0.15, -0.1) is 6.58 Å². The Morgan fingerprint density at radius 2 is 1.96 bits per heavy atom. The van der Waals surface area contributed by atoms with E-state index in [4.69, 9.17) is 4.74 Å². The van der Waals surface area contributed by atoms with Crippen molar-refractivity contribution in [1.29, 1.82) is 0 Å². The summed E-state index contributed by atoms with van der Waals surface area (Å²) >= 11 is 0. The highest BCUT2D eigenvalue weighted by Crippen LogP contribution is 2.34. The number of nitrogens with one attached hydrogen (secondary N) is 1. The number of aliphatic hydroxyl groups is 1. The van der Waals surface area contributed by atoms with Gasteiger partial charge in [0.1, 0.15) is 5.60 Å². The van der Waals surface area contributed by atoms with E-state index in [1.165, 1.54) is 12.8 Å². The standard InChI is InChI=1S/C23H35NO3/c1-5-18-13-9-10-14-19(18)16-21(25)20(15-17-11-7-6-8-12-17)24-22(26)27-23(2,3)4/h5-8,11-12,18-21,25H,1,9-10,13-16H2,2-4H3,(H,24,26)/t18-,19-,20+,21+/m1/s1. The van der Waals surface area contributed by atoms with Crippen LogP contribution < -0.4 is 5.32 Å². The zero-order chi connectivity index (χ0) is 19.9. The second-order valence-electron chi connectivity index (χ2n) is 8.69. The second kappa shape index (κ2) is 9.93. The number of benzene rings is 1. The van der Waals surface area contributed by atoms with Crippen molar-refractivity contribution in [3.8, 4) is 0 Å². The Kier molecular flexibility index (Phi) is 7.91.